The predicted molar refractivity (Wildman–Crippen MR) is 136 cm³/mol. The van der Waals surface area contributed by atoms with Gasteiger partial charge in [0.2, 0.25) is 15.9 Å². The number of benzene rings is 1. The van der Waals surface area contributed by atoms with Crippen molar-refractivity contribution in [1.29, 1.82) is 0 Å². The molecule has 3 fully saturated rings. The second-order valence-electron chi connectivity index (χ2n) is 11.5. The summed E-state index contributed by atoms with van der Waals surface area (Å²) < 4.78 is 59.6. The van der Waals surface area contributed by atoms with Crippen LogP contribution in [0.3, 0.4) is 0 Å². The van der Waals surface area contributed by atoms with E-state index in [0.717, 1.165) is 17.0 Å². The third kappa shape index (κ3) is 4.69. The van der Waals surface area contributed by atoms with Crippen molar-refractivity contribution >= 4 is 22.0 Å². The Morgan fingerprint density at radius 3 is 2.47 bits per heavy atom. The van der Waals surface area contributed by atoms with E-state index in [1.54, 1.807) is 13.8 Å². The second-order valence-corrected chi connectivity index (χ2v) is 13.6. The molecule has 1 aromatic rings. The van der Waals surface area contributed by atoms with Gasteiger partial charge in [-0.15, -0.1) is 0 Å². The van der Waals surface area contributed by atoms with Crippen molar-refractivity contribution < 1.29 is 31.9 Å². The van der Waals surface area contributed by atoms with Crippen LogP contribution in [-0.4, -0.2) is 64.7 Å². The summed E-state index contributed by atoms with van der Waals surface area (Å²) in [6, 6.07) is 1.07. The van der Waals surface area contributed by atoms with E-state index in [0.29, 0.717) is 19.3 Å². The lowest BCUT2D eigenvalue weighted by Gasteiger charge is -2.53. The summed E-state index contributed by atoms with van der Waals surface area (Å²) in [5, 5.41) is 12.3. The molecule has 0 radical (unpaired) electrons. The zero-order valence-corrected chi connectivity index (χ0v) is 22.3. The summed E-state index contributed by atoms with van der Waals surface area (Å²) in [4.78, 5) is 25.3. The fourth-order valence-corrected chi connectivity index (χ4v) is 9.03. The molecule has 1 saturated carbocycles. The van der Waals surface area contributed by atoms with Gasteiger partial charge in [0.25, 0.3) is 0 Å². The van der Waals surface area contributed by atoms with E-state index in [4.69, 9.17) is 0 Å². The van der Waals surface area contributed by atoms with Gasteiger partial charge in [0.05, 0.1) is 17.4 Å². The summed E-state index contributed by atoms with van der Waals surface area (Å²) in [5.41, 5.74) is -2.43. The summed E-state index contributed by atoms with van der Waals surface area (Å²) in [6.07, 6.45) is 9.36. The topological polar surface area (TPSA) is 107 Å². The first-order chi connectivity index (χ1) is 17.8. The van der Waals surface area contributed by atoms with Crippen molar-refractivity contribution in [1.82, 2.24) is 14.5 Å². The fraction of sp³-hybridized carbons (Fsp3) is 0.556. The van der Waals surface area contributed by atoms with Gasteiger partial charge < -0.3 is 10.4 Å². The van der Waals surface area contributed by atoms with Crippen LogP contribution in [0.15, 0.2) is 36.4 Å². The number of halogens is 2. The van der Waals surface area contributed by atoms with Crippen molar-refractivity contribution in [2.75, 3.05) is 13.1 Å². The number of carbonyl (C=O) groups excluding carboxylic acids is 2. The molecule has 8 nitrogen and oxygen atoms in total. The highest BCUT2D eigenvalue weighted by Gasteiger charge is 2.55. The molecule has 0 spiro atoms. The quantitative estimate of drug-likeness (QED) is 0.531. The van der Waals surface area contributed by atoms with Crippen molar-refractivity contribution in [2.45, 2.75) is 74.8 Å². The van der Waals surface area contributed by atoms with Gasteiger partial charge in [0.15, 0.2) is 0 Å². The number of amides is 3. The number of hydrogen-bond donors (Lipinski definition) is 2. The number of imide groups is 1. The molecule has 2 aliphatic carbocycles. The number of hydrogen-bond acceptors (Lipinski definition) is 5. The lowest BCUT2D eigenvalue weighted by atomic mass is 9.56. The van der Waals surface area contributed by atoms with E-state index in [1.807, 2.05) is 24.3 Å². The van der Waals surface area contributed by atoms with E-state index in [9.17, 15) is 23.1 Å². The molecule has 38 heavy (non-hydrogen) atoms. The fourth-order valence-electron chi connectivity index (χ4n) is 6.67. The Balaban J connectivity index is 1.43. The van der Waals surface area contributed by atoms with Crippen LogP contribution in [-0.2, 0) is 26.8 Å². The van der Waals surface area contributed by atoms with Crippen molar-refractivity contribution in [3.8, 4) is 0 Å². The highest BCUT2D eigenvalue weighted by Crippen LogP contribution is 2.52. The van der Waals surface area contributed by atoms with Gasteiger partial charge >= 0.3 is 6.03 Å². The summed E-state index contributed by atoms with van der Waals surface area (Å²) in [6.45, 7) is 2.68. The first-order valence-electron chi connectivity index (χ1n) is 13.0. The second kappa shape index (κ2) is 9.53. The molecule has 206 valence electrons. The number of allylic oxidation sites excluding steroid dienone is 4. The Labute approximate surface area is 221 Å². The number of nitrogens with one attached hydrogen (secondary N) is 1. The summed E-state index contributed by atoms with van der Waals surface area (Å²) >= 11 is 0. The molecule has 3 atom stereocenters. The van der Waals surface area contributed by atoms with Crippen LogP contribution in [0.25, 0.3) is 0 Å². The minimum atomic E-state index is -3.78. The van der Waals surface area contributed by atoms with Crippen LogP contribution >= 0.6 is 0 Å². The molecular weight excluding hydrogens is 516 g/mol. The van der Waals surface area contributed by atoms with Crippen molar-refractivity contribution in [3.63, 3.8) is 0 Å². The van der Waals surface area contributed by atoms with Crippen LogP contribution in [0.2, 0.25) is 0 Å². The van der Waals surface area contributed by atoms with Gasteiger partial charge in [-0.3, -0.25) is 9.69 Å². The van der Waals surface area contributed by atoms with E-state index < -0.39 is 49.9 Å². The largest absolute Gasteiger partial charge is 0.390 e. The average molecular weight is 550 g/mol. The molecule has 0 bridgehead atoms. The molecule has 0 aromatic heterocycles. The number of carbonyl (C=O) groups is 2. The van der Waals surface area contributed by atoms with Crippen LogP contribution in [0.5, 0.6) is 0 Å². The Kier molecular flexibility index (Phi) is 6.76. The summed E-state index contributed by atoms with van der Waals surface area (Å²) in [7, 11) is -3.78. The van der Waals surface area contributed by atoms with Gasteiger partial charge in [-0.2, -0.15) is 4.31 Å². The molecule has 2 N–H and O–H groups in total. The van der Waals surface area contributed by atoms with Gasteiger partial charge in [0.1, 0.15) is 11.6 Å². The predicted octanol–water partition coefficient (Wildman–Crippen LogP) is 3.11. The van der Waals surface area contributed by atoms with Crippen molar-refractivity contribution in [3.05, 3.63) is 59.2 Å². The first kappa shape index (κ1) is 27.0. The maximum Gasteiger partial charge on any atom is 0.324 e. The van der Waals surface area contributed by atoms with E-state index in [1.165, 1.54) is 4.31 Å². The average Bonchev–Trinajstić information content (AvgIpc) is 3.14. The Bertz CT molecular complexity index is 1300. The standard InChI is InChI=1S/C27H33F2N3O5S/c1-17-8-9-23(18-6-4-3-5-7-18)38(36,37)32(17)13-19-10-22(29)20(11-21(19)28)27(14-26(2,35)15-27)16-31-24(33)12-30-25(31)34/h3-6,10-11,17-18,23,35H,7-9,12-16H2,1-2H3,(H,30,34)/t17-,18?,23+,26?,27?/m0/s1. The first-order valence-corrected chi connectivity index (χ1v) is 14.5. The lowest BCUT2D eigenvalue weighted by Crippen LogP contribution is -2.59. The van der Waals surface area contributed by atoms with Crippen molar-refractivity contribution in [2.24, 2.45) is 5.92 Å². The maximum atomic E-state index is 15.6. The molecule has 1 unspecified atom stereocenters. The SMILES string of the molecule is C[C@H]1CC[C@H](C2C=CC=CC2)S(=O)(=O)N1Cc1cc(F)c(C2(CN3C(=O)CNC3=O)CC(C)(O)C2)cc1F. The molecule has 11 heteroatoms. The monoisotopic (exact) mass is 549 g/mol. The summed E-state index contributed by atoms with van der Waals surface area (Å²) in [5.74, 6) is -2.17. The van der Waals surface area contributed by atoms with Crippen LogP contribution in [0, 0.1) is 17.6 Å². The molecule has 1 aromatic carbocycles. The zero-order valence-electron chi connectivity index (χ0n) is 21.5. The number of rotatable bonds is 6. The Morgan fingerprint density at radius 2 is 1.87 bits per heavy atom. The molecule has 2 heterocycles. The molecular formula is C27H33F2N3O5S. The van der Waals surface area contributed by atoms with Crippen LogP contribution in [0.1, 0.15) is 57.1 Å². The van der Waals surface area contributed by atoms with Gasteiger partial charge in [-0.25, -0.2) is 22.0 Å². The third-order valence-corrected chi connectivity index (χ3v) is 10.9. The molecule has 2 aliphatic heterocycles. The van der Waals surface area contributed by atoms with Crippen LogP contribution < -0.4 is 5.32 Å². The molecule has 2 saturated heterocycles. The highest BCUT2D eigenvalue weighted by atomic mass is 32.2. The Morgan fingerprint density at radius 1 is 1.13 bits per heavy atom. The molecule has 4 aliphatic rings. The maximum absolute atomic E-state index is 15.6. The third-order valence-electron chi connectivity index (χ3n) is 8.43. The zero-order chi connectivity index (χ0) is 27.5. The minimum Gasteiger partial charge on any atom is -0.390 e. The lowest BCUT2D eigenvalue weighted by molar-refractivity contribution is -0.129. The highest BCUT2D eigenvalue weighted by molar-refractivity contribution is 7.89. The smallest absolute Gasteiger partial charge is 0.324 e. The van der Waals surface area contributed by atoms with E-state index in [2.05, 4.69) is 5.32 Å². The minimum absolute atomic E-state index is 0.0370. The van der Waals surface area contributed by atoms with E-state index >= 15 is 8.78 Å². The van der Waals surface area contributed by atoms with Gasteiger partial charge in [0, 0.05) is 30.1 Å². The van der Waals surface area contributed by atoms with Gasteiger partial charge in [-0.1, -0.05) is 24.3 Å². The van der Waals surface area contributed by atoms with Crippen LogP contribution in [0.4, 0.5) is 13.6 Å². The van der Waals surface area contributed by atoms with E-state index in [-0.39, 0.29) is 55.6 Å². The van der Waals surface area contributed by atoms with Gasteiger partial charge in [-0.05, 0) is 69.6 Å². The number of nitrogens with zero attached hydrogens (tertiary/aromatic N) is 2. The number of sulfonamides is 1. The number of aliphatic hydroxyl groups is 1. The molecule has 5 rings (SSSR count). The molecule has 3 amide bonds. The normalized spacial score (nSPS) is 34.9. The Hall–Kier alpha value is -2.63. The number of urea groups is 1.